The van der Waals surface area contributed by atoms with E-state index in [1.54, 1.807) is 0 Å². The van der Waals surface area contributed by atoms with E-state index in [0.717, 1.165) is 6.42 Å². The summed E-state index contributed by atoms with van der Waals surface area (Å²) in [6.45, 7) is 5.63. The lowest BCUT2D eigenvalue weighted by molar-refractivity contribution is -0.119. The van der Waals surface area contributed by atoms with Gasteiger partial charge in [0.1, 0.15) is 0 Å². The zero-order valence-electron chi connectivity index (χ0n) is 9.36. The van der Waals surface area contributed by atoms with Crippen LogP contribution >= 0.6 is 0 Å². The molecule has 1 amide bonds. The zero-order chi connectivity index (χ0) is 10.8. The van der Waals surface area contributed by atoms with Crippen molar-refractivity contribution in [3.8, 4) is 0 Å². The molecule has 2 rings (SSSR count). The Labute approximate surface area is 90.3 Å². The highest BCUT2D eigenvalue weighted by Crippen LogP contribution is 2.25. The van der Waals surface area contributed by atoms with Crippen molar-refractivity contribution >= 4 is 5.91 Å². The summed E-state index contributed by atoms with van der Waals surface area (Å²) in [5.41, 5.74) is 0. The van der Waals surface area contributed by atoms with Crippen LogP contribution in [0.1, 0.15) is 26.7 Å². The van der Waals surface area contributed by atoms with E-state index >= 15 is 0 Å². The molecule has 15 heavy (non-hydrogen) atoms. The van der Waals surface area contributed by atoms with Crippen LogP contribution in [-0.2, 0) is 14.3 Å². The molecular formula is C11H19NO3. The predicted molar refractivity (Wildman–Crippen MR) is 55.2 cm³/mol. The SMILES string of the molecule is CC(C[C@H]1NC(=O)C[C@@H]1C)C1OCCO1. The Morgan fingerprint density at radius 3 is 2.67 bits per heavy atom. The van der Waals surface area contributed by atoms with E-state index in [9.17, 15) is 4.79 Å². The molecule has 2 aliphatic rings. The van der Waals surface area contributed by atoms with Crippen LogP contribution < -0.4 is 5.32 Å². The minimum atomic E-state index is -0.0743. The second-order valence-corrected chi connectivity index (χ2v) is 4.68. The van der Waals surface area contributed by atoms with Crippen molar-refractivity contribution in [2.75, 3.05) is 13.2 Å². The highest BCUT2D eigenvalue weighted by Gasteiger charge is 2.33. The molecule has 1 unspecified atom stereocenters. The van der Waals surface area contributed by atoms with Crippen LogP contribution in [0.15, 0.2) is 0 Å². The molecule has 4 heteroatoms. The zero-order valence-corrected chi connectivity index (χ0v) is 9.36. The lowest BCUT2D eigenvalue weighted by Gasteiger charge is -2.23. The number of nitrogens with one attached hydrogen (secondary N) is 1. The third-order valence-corrected chi connectivity index (χ3v) is 3.28. The summed E-state index contributed by atoms with van der Waals surface area (Å²) in [7, 11) is 0. The molecule has 0 aromatic carbocycles. The van der Waals surface area contributed by atoms with E-state index in [-0.39, 0.29) is 12.2 Å². The van der Waals surface area contributed by atoms with Gasteiger partial charge in [0, 0.05) is 18.4 Å². The van der Waals surface area contributed by atoms with Crippen LogP contribution in [0.3, 0.4) is 0 Å². The van der Waals surface area contributed by atoms with E-state index in [4.69, 9.17) is 9.47 Å². The first-order valence-corrected chi connectivity index (χ1v) is 5.69. The second-order valence-electron chi connectivity index (χ2n) is 4.68. The Hall–Kier alpha value is -0.610. The first kappa shape index (κ1) is 10.9. The summed E-state index contributed by atoms with van der Waals surface area (Å²) in [6, 6.07) is 0.292. The maximum Gasteiger partial charge on any atom is 0.220 e. The van der Waals surface area contributed by atoms with Gasteiger partial charge in [0.2, 0.25) is 5.91 Å². The molecule has 3 atom stereocenters. The fourth-order valence-electron chi connectivity index (χ4n) is 2.35. The summed E-state index contributed by atoms with van der Waals surface area (Å²) < 4.78 is 10.9. The van der Waals surface area contributed by atoms with Gasteiger partial charge in [0.15, 0.2) is 6.29 Å². The number of carbonyl (C=O) groups excluding carboxylic acids is 1. The van der Waals surface area contributed by atoms with Crippen LogP contribution in [0.5, 0.6) is 0 Å². The molecule has 4 nitrogen and oxygen atoms in total. The molecule has 0 bridgehead atoms. The quantitative estimate of drug-likeness (QED) is 0.758. The van der Waals surface area contributed by atoms with Gasteiger partial charge in [-0.05, 0) is 12.3 Å². The van der Waals surface area contributed by atoms with Crippen molar-refractivity contribution in [2.45, 2.75) is 39.0 Å². The van der Waals surface area contributed by atoms with Gasteiger partial charge in [-0.2, -0.15) is 0 Å². The van der Waals surface area contributed by atoms with Crippen LogP contribution in [0.2, 0.25) is 0 Å². The fourth-order valence-corrected chi connectivity index (χ4v) is 2.35. The first-order chi connectivity index (χ1) is 7.16. The van der Waals surface area contributed by atoms with Gasteiger partial charge in [-0.15, -0.1) is 0 Å². The van der Waals surface area contributed by atoms with Crippen molar-refractivity contribution in [1.29, 1.82) is 0 Å². The molecule has 2 saturated heterocycles. The monoisotopic (exact) mass is 213 g/mol. The van der Waals surface area contributed by atoms with Gasteiger partial charge in [0.25, 0.3) is 0 Å². The molecule has 86 valence electrons. The third kappa shape index (κ3) is 2.49. The van der Waals surface area contributed by atoms with Crippen LogP contribution in [0.4, 0.5) is 0 Å². The van der Waals surface area contributed by atoms with Gasteiger partial charge in [-0.25, -0.2) is 0 Å². The van der Waals surface area contributed by atoms with Gasteiger partial charge in [0.05, 0.1) is 13.2 Å². The van der Waals surface area contributed by atoms with Crippen molar-refractivity contribution in [1.82, 2.24) is 5.32 Å². The van der Waals surface area contributed by atoms with Gasteiger partial charge >= 0.3 is 0 Å². The lowest BCUT2D eigenvalue weighted by atomic mass is 9.93. The molecule has 0 spiro atoms. The molecule has 1 N–H and O–H groups in total. The largest absolute Gasteiger partial charge is 0.353 e. The molecule has 2 heterocycles. The standard InChI is InChI=1S/C11H19NO3/c1-7-6-10(13)12-9(7)5-8(2)11-14-3-4-15-11/h7-9,11H,3-6H2,1-2H3,(H,12,13)/t7-,8?,9+/m0/s1. The second kappa shape index (κ2) is 4.49. The minimum absolute atomic E-state index is 0.0743. The van der Waals surface area contributed by atoms with E-state index in [1.807, 2.05) is 0 Å². The Morgan fingerprint density at radius 1 is 1.47 bits per heavy atom. The molecule has 0 aromatic rings. The van der Waals surface area contributed by atoms with Crippen molar-refractivity contribution in [2.24, 2.45) is 11.8 Å². The van der Waals surface area contributed by atoms with Gasteiger partial charge in [-0.3, -0.25) is 4.79 Å². The van der Waals surface area contributed by atoms with Crippen LogP contribution in [0, 0.1) is 11.8 Å². The van der Waals surface area contributed by atoms with E-state index < -0.39 is 0 Å². The summed E-state index contributed by atoms with van der Waals surface area (Å²) in [5.74, 6) is 0.952. The number of hydrogen-bond acceptors (Lipinski definition) is 3. The molecular weight excluding hydrogens is 194 g/mol. The predicted octanol–water partition coefficient (Wildman–Crippen LogP) is 0.910. The van der Waals surface area contributed by atoms with Crippen LogP contribution in [0.25, 0.3) is 0 Å². The maximum absolute atomic E-state index is 11.2. The third-order valence-electron chi connectivity index (χ3n) is 3.28. The molecule has 2 aliphatic heterocycles. The van der Waals surface area contributed by atoms with Crippen molar-refractivity contribution < 1.29 is 14.3 Å². The molecule has 0 aromatic heterocycles. The molecule has 0 aliphatic carbocycles. The number of amides is 1. The Balaban J connectivity index is 1.82. The topological polar surface area (TPSA) is 47.6 Å². The molecule has 2 fully saturated rings. The maximum atomic E-state index is 11.2. The smallest absolute Gasteiger partial charge is 0.220 e. The summed E-state index contributed by atoms with van der Waals surface area (Å²) in [4.78, 5) is 11.2. The van der Waals surface area contributed by atoms with E-state index in [0.29, 0.717) is 37.5 Å². The highest BCUT2D eigenvalue weighted by atomic mass is 16.7. The normalized spacial score (nSPS) is 34.4. The average Bonchev–Trinajstić information content (AvgIpc) is 2.76. The summed E-state index contributed by atoms with van der Waals surface area (Å²) >= 11 is 0. The highest BCUT2D eigenvalue weighted by molar-refractivity contribution is 5.78. The van der Waals surface area contributed by atoms with Crippen molar-refractivity contribution in [3.05, 3.63) is 0 Å². The first-order valence-electron chi connectivity index (χ1n) is 5.69. The number of carbonyl (C=O) groups is 1. The number of rotatable bonds is 3. The Kier molecular flexibility index (Phi) is 3.26. The van der Waals surface area contributed by atoms with E-state index in [2.05, 4.69) is 19.2 Å². The lowest BCUT2D eigenvalue weighted by Crippen LogP contribution is -2.33. The Bertz CT molecular complexity index is 238. The molecule has 0 radical (unpaired) electrons. The Morgan fingerprint density at radius 2 is 2.13 bits per heavy atom. The summed E-state index contributed by atoms with van der Waals surface area (Å²) in [5, 5.41) is 3.01. The van der Waals surface area contributed by atoms with Crippen molar-refractivity contribution in [3.63, 3.8) is 0 Å². The number of ether oxygens (including phenoxy) is 2. The molecule has 0 saturated carbocycles. The fraction of sp³-hybridized carbons (Fsp3) is 0.909. The van der Waals surface area contributed by atoms with Gasteiger partial charge < -0.3 is 14.8 Å². The minimum Gasteiger partial charge on any atom is -0.353 e. The van der Waals surface area contributed by atoms with Crippen LogP contribution in [-0.4, -0.2) is 31.5 Å². The van der Waals surface area contributed by atoms with E-state index in [1.165, 1.54) is 0 Å². The number of hydrogen-bond donors (Lipinski definition) is 1. The average molecular weight is 213 g/mol. The summed E-state index contributed by atoms with van der Waals surface area (Å²) in [6.07, 6.45) is 1.52. The van der Waals surface area contributed by atoms with Gasteiger partial charge in [-0.1, -0.05) is 13.8 Å².